The van der Waals surface area contributed by atoms with Gasteiger partial charge in [-0.15, -0.1) is 0 Å². The fraction of sp³-hybridized carbons (Fsp3) is 0.463. The number of phenols is 1. The van der Waals surface area contributed by atoms with E-state index in [2.05, 4.69) is 58.5 Å². The van der Waals surface area contributed by atoms with Crippen LogP contribution in [0.1, 0.15) is 75.8 Å². The molecule has 5 aromatic rings. The second-order valence-electron chi connectivity index (χ2n) is 20.4. The first-order valence-electron chi connectivity index (χ1n) is 24.7. The van der Waals surface area contributed by atoms with Crippen molar-refractivity contribution in [3.8, 4) is 33.9 Å². The molecule has 0 aliphatic carbocycles. The monoisotopic (exact) mass is 987 g/mol. The third-order valence-electron chi connectivity index (χ3n) is 14.0. The maximum atomic E-state index is 14.8. The van der Waals surface area contributed by atoms with Crippen LogP contribution in [-0.4, -0.2) is 130 Å². The molecule has 0 saturated carbocycles. The quantitative estimate of drug-likeness (QED) is 0.105. The van der Waals surface area contributed by atoms with Gasteiger partial charge in [0, 0.05) is 81.4 Å². The predicted molar refractivity (Wildman–Crippen MR) is 271 cm³/mol. The van der Waals surface area contributed by atoms with Gasteiger partial charge in [-0.3, -0.25) is 34.5 Å². The second kappa shape index (κ2) is 21.4. The van der Waals surface area contributed by atoms with Crippen molar-refractivity contribution in [2.45, 2.75) is 104 Å². The van der Waals surface area contributed by atoms with E-state index in [0.29, 0.717) is 54.2 Å². The van der Waals surface area contributed by atoms with Crippen LogP contribution >= 0.6 is 0 Å². The Morgan fingerprint density at radius 1 is 1.04 bits per heavy atom. The summed E-state index contributed by atoms with van der Waals surface area (Å²) in [6, 6.07) is 17.8. The van der Waals surface area contributed by atoms with E-state index >= 15 is 0 Å². The van der Waals surface area contributed by atoms with E-state index < -0.39 is 53.3 Å². The van der Waals surface area contributed by atoms with Gasteiger partial charge in [0.2, 0.25) is 22.6 Å². The van der Waals surface area contributed by atoms with Gasteiger partial charge in [-0.05, 0) is 102 Å². The number of amides is 4. The summed E-state index contributed by atoms with van der Waals surface area (Å²) in [7, 11) is 6.32. The molecule has 2 saturated heterocycles. The van der Waals surface area contributed by atoms with Crippen molar-refractivity contribution in [3.05, 3.63) is 106 Å². The number of fused-ring (bicyclic) bond motifs is 6. The summed E-state index contributed by atoms with van der Waals surface area (Å²) in [6.45, 7) is 10.9. The summed E-state index contributed by atoms with van der Waals surface area (Å²) >= 11 is 0. The van der Waals surface area contributed by atoms with Gasteiger partial charge in [-0.1, -0.05) is 52.0 Å². The number of pyridine rings is 1. The Labute approximate surface area is 420 Å². The zero-order chi connectivity index (χ0) is 51.6. The maximum absolute atomic E-state index is 14.8. The number of rotatable bonds is 13. The van der Waals surface area contributed by atoms with Crippen molar-refractivity contribution in [3.63, 3.8) is 0 Å². The highest BCUT2D eigenvalue weighted by atomic mass is 16.8. The summed E-state index contributed by atoms with van der Waals surface area (Å²) in [6.07, 6.45) is 4.04. The van der Waals surface area contributed by atoms with Crippen molar-refractivity contribution >= 4 is 34.5 Å². The molecule has 5 atom stereocenters. The van der Waals surface area contributed by atoms with E-state index in [-0.39, 0.29) is 43.8 Å². The molecule has 2 fully saturated rings. The molecular formula is C54H68N9O9+. The average Bonchev–Trinajstić information content (AvgIpc) is 4.11. The number of hydrazine groups is 1. The number of methoxy groups -OCH3 is 2. The van der Waals surface area contributed by atoms with E-state index in [1.165, 1.54) is 21.9 Å². The number of carbonyl (C=O) groups is 4. The summed E-state index contributed by atoms with van der Waals surface area (Å²) in [4.78, 5) is 84.5. The van der Waals surface area contributed by atoms with Crippen molar-refractivity contribution in [2.24, 2.45) is 11.3 Å². The van der Waals surface area contributed by atoms with Gasteiger partial charge in [0.1, 0.15) is 29.6 Å². The summed E-state index contributed by atoms with van der Waals surface area (Å²) in [5.41, 5.74) is 10.4. The molecule has 6 bridgehead atoms. The fourth-order valence-corrected chi connectivity index (χ4v) is 10.3. The Kier molecular flexibility index (Phi) is 15.3. The predicted octanol–water partition coefficient (Wildman–Crippen LogP) is 5.68. The molecule has 3 aromatic carbocycles. The number of ether oxygens (including phenoxy) is 2. The molecule has 3 aliphatic rings. The van der Waals surface area contributed by atoms with E-state index in [4.69, 9.17) is 14.3 Å². The number of aromatic nitrogens is 2. The molecular weight excluding hydrogens is 919 g/mol. The minimum atomic E-state index is -1.21. The zero-order valence-corrected chi connectivity index (χ0v) is 42.7. The van der Waals surface area contributed by atoms with Crippen LogP contribution in [0.2, 0.25) is 0 Å². The number of hydrogen-bond donors (Lipinski definition) is 4. The van der Waals surface area contributed by atoms with Gasteiger partial charge in [0.25, 0.3) is 5.91 Å². The average molecular weight is 987 g/mol. The van der Waals surface area contributed by atoms with Gasteiger partial charge >= 0.3 is 6.17 Å². The van der Waals surface area contributed by atoms with Gasteiger partial charge in [0.15, 0.2) is 6.61 Å². The van der Waals surface area contributed by atoms with Crippen LogP contribution in [0.5, 0.6) is 11.5 Å². The summed E-state index contributed by atoms with van der Waals surface area (Å²) in [5.74, 6) is -1.56. The number of benzene rings is 3. The molecule has 382 valence electrons. The lowest BCUT2D eigenvalue weighted by atomic mass is 9.84. The van der Waals surface area contributed by atoms with E-state index in [9.17, 15) is 29.2 Å². The molecule has 72 heavy (non-hydrogen) atoms. The molecule has 5 heterocycles. The van der Waals surface area contributed by atoms with E-state index in [0.717, 1.165) is 44.4 Å². The Bertz CT molecular complexity index is 2850. The third-order valence-corrected chi connectivity index (χ3v) is 14.0. The minimum absolute atomic E-state index is 0.0293. The number of phenolic OH excluding ortho intramolecular Hbond substituents is 1. The van der Waals surface area contributed by atoms with Gasteiger partial charge in [-0.2, -0.15) is 5.43 Å². The number of nitrogens with zero attached hydrogens (tertiary/aromatic N) is 6. The number of aryl methyl sites for hydroxylation is 1. The first kappa shape index (κ1) is 51.5. The molecule has 3 aliphatic heterocycles. The van der Waals surface area contributed by atoms with Gasteiger partial charge in [0.05, 0.1) is 36.9 Å². The molecule has 18 heteroatoms. The van der Waals surface area contributed by atoms with Crippen LogP contribution in [0.15, 0.2) is 79.1 Å². The number of nitrogens with one attached hydrogen (secondary N) is 3. The first-order valence-corrected chi connectivity index (χ1v) is 24.7. The first-order chi connectivity index (χ1) is 34.4. The Morgan fingerprint density at radius 2 is 1.81 bits per heavy atom. The minimum Gasteiger partial charge on any atom is -0.508 e. The Hall–Kier alpha value is -6.89. The topological polar surface area (TPSA) is 210 Å². The van der Waals surface area contributed by atoms with E-state index in [1.807, 2.05) is 48.7 Å². The van der Waals surface area contributed by atoms with Crippen LogP contribution in [0.4, 0.5) is 0 Å². The zero-order valence-electron chi connectivity index (χ0n) is 42.7. The summed E-state index contributed by atoms with van der Waals surface area (Å²) in [5, 5.41) is 19.9. The van der Waals surface area contributed by atoms with Crippen molar-refractivity contribution in [1.29, 1.82) is 0 Å². The lowest BCUT2D eigenvalue weighted by Gasteiger charge is -2.35. The van der Waals surface area contributed by atoms with Gasteiger partial charge in [-0.25, -0.2) is 4.84 Å². The second-order valence-corrected chi connectivity index (χ2v) is 20.4. The largest absolute Gasteiger partial charge is 0.508 e. The fourth-order valence-electron chi connectivity index (χ4n) is 10.3. The lowest BCUT2D eigenvalue weighted by molar-refractivity contribution is -0.835. The van der Waals surface area contributed by atoms with Crippen molar-refractivity contribution in [1.82, 2.24) is 40.4 Å². The normalized spacial score (nSPS) is 20.3. The highest BCUT2D eigenvalue weighted by Gasteiger charge is 2.46. The Balaban J connectivity index is 1.11. The number of aromatic hydroxyl groups is 1. The molecule has 0 unspecified atom stereocenters. The SMILES string of the molecule is CCn1c(-c2cnccc2COC)c2c3cc(ccc31)-c1cc(O)cc(c1)C[C@H](NC(=O)[C@H](C(C)C)N(C)C(=O)CN(C)C(=O)[C@H]1N[C@H]1c1ccc(OC)cc1)C(=O)N1CCC[C@H](N1)[N+](=O)OCC(C)(C)C2. The van der Waals surface area contributed by atoms with Crippen LogP contribution in [0.25, 0.3) is 33.3 Å². The lowest BCUT2D eigenvalue weighted by Crippen LogP contribution is -2.62. The number of hydrogen-bond acceptors (Lipinski definition) is 12. The van der Waals surface area contributed by atoms with Crippen LogP contribution < -0.4 is 20.8 Å². The number of carbonyl (C=O) groups excluding carboxylic acids is 4. The van der Waals surface area contributed by atoms with Crippen LogP contribution in [-0.2, 0) is 54.7 Å². The van der Waals surface area contributed by atoms with Crippen LogP contribution in [0, 0.1) is 16.2 Å². The highest BCUT2D eigenvalue weighted by molar-refractivity contribution is 5.96. The van der Waals surface area contributed by atoms with Gasteiger partial charge < -0.3 is 34.3 Å². The molecule has 18 nitrogen and oxygen atoms in total. The molecule has 4 N–H and O–H groups in total. The smallest absolute Gasteiger partial charge is 0.326 e. The molecule has 0 radical (unpaired) electrons. The number of likely N-dealkylation sites (N-methyl/N-ethyl adjacent to an activating group) is 2. The third kappa shape index (κ3) is 10.9. The maximum Gasteiger partial charge on any atom is 0.326 e. The van der Waals surface area contributed by atoms with E-state index in [1.54, 1.807) is 53.4 Å². The standard InChI is InChI=1S/C54H67N9O9/c1-10-61-44-18-15-35-26-40(44)41(50(61)42-28-55-20-19-36(42)30-70-8)27-54(4,5)31-72-63(69)45-12-11-21-62(58-45)52(67)43(24-33-22-37(35)25-38(64)23-33)56-51(66)49(32(2)3)60(7)46(65)29-59(6)53(68)48-47(57-48)34-13-16-39(71-9)17-14-34/h13-20,22-23,25-26,28,32,43,45,47-49,57-58H,10-12,21,24,27,29-31H2,1-9H3,(H-,56,64,66)/p+1/t43-,45+,47-,48-,49-/m0/s1. The molecule has 8 rings (SSSR count). The summed E-state index contributed by atoms with van der Waals surface area (Å²) < 4.78 is 13.2. The highest BCUT2D eigenvalue weighted by Crippen LogP contribution is 2.41. The molecule has 4 amide bonds. The van der Waals surface area contributed by atoms with Crippen molar-refractivity contribution in [2.75, 3.05) is 48.0 Å². The van der Waals surface area contributed by atoms with Crippen molar-refractivity contribution < 1.29 is 43.5 Å². The molecule has 2 aromatic heterocycles. The van der Waals surface area contributed by atoms with Crippen LogP contribution in [0.3, 0.4) is 0 Å². The Morgan fingerprint density at radius 3 is 2.51 bits per heavy atom. The molecule has 0 spiro atoms.